The Labute approximate surface area is 116 Å². The van der Waals surface area contributed by atoms with Gasteiger partial charge in [-0.05, 0) is 24.6 Å². The van der Waals surface area contributed by atoms with Gasteiger partial charge in [0.25, 0.3) is 5.91 Å². The Bertz CT molecular complexity index is 623. The number of amides is 1. The summed E-state index contributed by atoms with van der Waals surface area (Å²) in [5.41, 5.74) is 1.81. The van der Waals surface area contributed by atoms with Gasteiger partial charge in [-0.2, -0.15) is 0 Å². The normalized spacial score (nSPS) is 10.4. The summed E-state index contributed by atoms with van der Waals surface area (Å²) in [6, 6.07) is 11.3. The minimum atomic E-state index is -1.10. The maximum atomic E-state index is 13.6. The average molecular weight is 275 g/mol. The summed E-state index contributed by atoms with van der Waals surface area (Å²) >= 11 is 0. The largest absolute Gasteiger partial charge is 0.337 e. The number of benzene rings is 2. The Morgan fingerprint density at radius 1 is 1.10 bits per heavy atom. The molecule has 0 aromatic heterocycles. The number of aryl methyl sites for hydroxylation is 1. The highest BCUT2D eigenvalue weighted by Gasteiger charge is 2.18. The maximum absolute atomic E-state index is 13.6. The zero-order valence-electron chi connectivity index (χ0n) is 11.4. The van der Waals surface area contributed by atoms with Crippen molar-refractivity contribution in [1.82, 2.24) is 4.90 Å². The summed E-state index contributed by atoms with van der Waals surface area (Å²) in [6.45, 7) is 2.32. The molecular formula is C16H15F2NO. The van der Waals surface area contributed by atoms with Crippen LogP contribution in [0.25, 0.3) is 0 Å². The van der Waals surface area contributed by atoms with Crippen LogP contribution >= 0.6 is 0 Å². The molecule has 20 heavy (non-hydrogen) atoms. The van der Waals surface area contributed by atoms with Crippen LogP contribution in [-0.2, 0) is 6.54 Å². The quantitative estimate of drug-likeness (QED) is 0.839. The highest BCUT2D eigenvalue weighted by Crippen LogP contribution is 2.15. The van der Waals surface area contributed by atoms with Crippen LogP contribution in [0, 0.1) is 18.6 Å². The molecule has 0 aliphatic rings. The molecule has 0 fully saturated rings. The van der Waals surface area contributed by atoms with E-state index < -0.39 is 17.5 Å². The predicted octanol–water partition coefficient (Wildman–Crippen LogP) is 3.55. The molecule has 0 aliphatic heterocycles. The van der Waals surface area contributed by atoms with Crippen molar-refractivity contribution in [3.63, 3.8) is 0 Å². The molecule has 0 aliphatic carbocycles. The Kier molecular flexibility index (Phi) is 4.13. The predicted molar refractivity (Wildman–Crippen MR) is 73.3 cm³/mol. The van der Waals surface area contributed by atoms with E-state index in [4.69, 9.17) is 0 Å². The fourth-order valence-corrected chi connectivity index (χ4v) is 1.91. The number of carbonyl (C=O) groups excluding carboxylic acids is 1. The van der Waals surface area contributed by atoms with Crippen molar-refractivity contribution in [2.45, 2.75) is 13.5 Å². The number of hydrogen-bond acceptors (Lipinski definition) is 1. The third-order valence-electron chi connectivity index (χ3n) is 3.07. The van der Waals surface area contributed by atoms with Crippen LogP contribution in [0.5, 0.6) is 0 Å². The molecule has 0 unspecified atom stereocenters. The maximum Gasteiger partial charge on any atom is 0.256 e. The van der Waals surface area contributed by atoms with Gasteiger partial charge in [0, 0.05) is 13.6 Å². The summed E-state index contributed by atoms with van der Waals surface area (Å²) in [7, 11) is 1.56. The Hall–Kier alpha value is -2.23. The van der Waals surface area contributed by atoms with Crippen LogP contribution in [0.1, 0.15) is 21.5 Å². The molecule has 2 rings (SSSR count). The topological polar surface area (TPSA) is 20.3 Å². The number of hydrogen-bond donors (Lipinski definition) is 0. The van der Waals surface area contributed by atoms with E-state index in [-0.39, 0.29) is 5.56 Å². The van der Waals surface area contributed by atoms with E-state index >= 15 is 0 Å². The van der Waals surface area contributed by atoms with Crippen LogP contribution in [0.4, 0.5) is 8.78 Å². The fourth-order valence-electron chi connectivity index (χ4n) is 1.91. The van der Waals surface area contributed by atoms with Crippen molar-refractivity contribution in [2.24, 2.45) is 0 Å². The summed E-state index contributed by atoms with van der Waals surface area (Å²) in [5, 5.41) is 0. The molecule has 2 nitrogen and oxygen atoms in total. The highest BCUT2D eigenvalue weighted by atomic mass is 19.2. The van der Waals surface area contributed by atoms with Crippen LogP contribution in [0.15, 0.2) is 42.5 Å². The smallest absolute Gasteiger partial charge is 0.256 e. The molecule has 0 N–H and O–H groups in total. The van der Waals surface area contributed by atoms with Gasteiger partial charge >= 0.3 is 0 Å². The molecule has 104 valence electrons. The van der Waals surface area contributed by atoms with Crippen LogP contribution in [0.2, 0.25) is 0 Å². The lowest BCUT2D eigenvalue weighted by atomic mass is 10.1. The lowest BCUT2D eigenvalue weighted by Gasteiger charge is -2.18. The van der Waals surface area contributed by atoms with Crippen molar-refractivity contribution in [2.75, 3.05) is 7.05 Å². The number of nitrogens with zero attached hydrogens (tertiary/aromatic N) is 1. The van der Waals surface area contributed by atoms with E-state index in [1.807, 2.05) is 31.2 Å². The SMILES string of the molecule is Cc1ccc(CN(C)C(=O)c2cccc(F)c2F)cc1. The first kappa shape index (κ1) is 14.2. The van der Waals surface area contributed by atoms with E-state index in [0.29, 0.717) is 6.54 Å². The van der Waals surface area contributed by atoms with Gasteiger partial charge in [-0.1, -0.05) is 35.9 Å². The number of carbonyl (C=O) groups is 1. The molecule has 2 aromatic carbocycles. The molecule has 0 spiro atoms. The molecule has 0 atom stereocenters. The first-order chi connectivity index (χ1) is 9.49. The molecule has 0 heterocycles. The van der Waals surface area contributed by atoms with E-state index in [2.05, 4.69) is 0 Å². The third-order valence-corrected chi connectivity index (χ3v) is 3.07. The van der Waals surface area contributed by atoms with Gasteiger partial charge in [-0.3, -0.25) is 4.79 Å². The zero-order chi connectivity index (χ0) is 14.7. The Balaban J connectivity index is 2.16. The third kappa shape index (κ3) is 3.02. The second-order valence-electron chi connectivity index (χ2n) is 4.75. The lowest BCUT2D eigenvalue weighted by molar-refractivity contribution is 0.0779. The molecule has 0 saturated heterocycles. The van der Waals surface area contributed by atoms with Crippen molar-refractivity contribution < 1.29 is 13.6 Å². The minimum Gasteiger partial charge on any atom is -0.337 e. The monoisotopic (exact) mass is 275 g/mol. The first-order valence-electron chi connectivity index (χ1n) is 6.24. The van der Waals surface area contributed by atoms with Gasteiger partial charge in [0.15, 0.2) is 11.6 Å². The number of halogens is 2. The van der Waals surface area contributed by atoms with Gasteiger partial charge in [0.05, 0.1) is 5.56 Å². The van der Waals surface area contributed by atoms with E-state index in [9.17, 15) is 13.6 Å². The second-order valence-corrected chi connectivity index (χ2v) is 4.75. The summed E-state index contributed by atoms with van der Waals surface area (Å²) < 4.78 is 26.7. The summed E-state index contributed by atoms with van der Waals surface area (Å²) in [6.07, 6.45) is 0. The van der Waals surface area contributed by atoms with Gasteiger partial charge in [0.1, 0.15) is 0 Å². The molecule has 2 aromatic rings. The molecule has 1 amide bonds. The minimum absolute atomic E-state index is 0.250. The van der Waals surface area contributed by atoms with Gasteiger partial charge in [-0.25, -0.2) is 8.78 Å². The standard InChI is InChI=1S/C16H15F2NO/c1-11-6-8-12(9-7-11)10-19(2)16(20)13-4-3-5-14(17)15(13)18/h3-9H,10H2,1-2H3. The molecular weight excluding hydrogens is 260 g/mol. The zero-order valence-corrected chi connectivity index (χ0v) is 11.4. The van der Waals surface area contributed by atoms with Crippen LogP contribution in [-0.4, -0.2) is 17.9 Å². The Morgan fingerprint density at radius 3 is 2.40 bits per heavy atom. The summed E-state index contributed by atoms with van der Waals surface area (Å²) in [4.78, 5) is 13.5. The van der Waals surface area contributed by atoms with Crippen LogP contribution < -0.4 is 0 Å². The van der Waals surface area contributed by atoms with Gasteiger partial charge < -0.3 is 4.90 Å². The second kappa shape index (κ2) is 5.82. The number of rotatable bonds is 3. The lowest BCUT2D eigenvalue weighted by Crippen LogP contribution is -2.27. The van der Waals surface area contributed by atoms with Crippen LogP contribution in [0.3, 0.4) is 0 Å². The van der Waals surface area contributed by atoms with Crippen molar-refractivity contribution in [1.29, 1.82) is 0 Å². The molecule has 0 saturated carbocycles. The van der Waals surface area contributed by atoms with Gasteiger partial charge in [-0.15, -0.1) is 0 Å². The van der Waals surface area contributed by atoms with E-state index in [0.717, 1.165) is 17.2 Å². The van der Waals surface area contributed by atoms with E-state index in [1.165, 1.54) is 17.0 Å². The highest BCUT2D eigenvalue weighted by molar-refractivity contribution is 5.94. The molecule has 0 bridgehead atoms. The molecule has 4 heteroatoms. The van der Waals surface area contributed by atoms with Crippen molar-refractivity contribution in [3.8, 4) is 0 Å². The first-order valence-corrected chi connectivity index (χ1v) is 6.24. The van der Waals surface area contributed by atoms with Gasteiger partial charge in [0.2, 0.25) is 0 Å². The van der Waals surface area contributed by atoms with Crippen molar-refractivity contribution in [3.05, 3.63) is 70.8 Å². The fraction of sp³-hybridized carbons (Fsp3) is 0.188. The summed E-state index contributed by atoms with van der Waals surface area (Å²) in [5.74, 6) is -2.66. The average Bonchev–Trinajstić information content (AvgIpc) is 2.43. The molecule has 0 radical (unpaired) electrons. The van der Waals surface area contributed by atoms with E-state index in [1.54, 1.807) is 7.05 Å². The van der Waals surface area contributed by atoms with Crippen molar-refractivity contribution >= 4 is 5.91 Å². The Morgan fingerprint density at radius 2 is 1.75 bits per heavy atom.